The van der Waals surface area contributed by atoms with Gasteiger partial charge in [0.25, 0.3) is 11.8 Å². The van der Waals surface area contributed by atoms with E-state index < -0.39 is 6.10 Å². The number of hydrogen-bond donors (Lipinski definition) is 0. The van der Waals surface area contributed by atoms with Crippen LogP contribution in [0.1, 0.15) is 22.8 Å². The second-order valence-electron chi connectivity index (χ2n) is 6.80. The van der Waals surface area contributed by atoms with Gasteiger partial charge in [0.05, 0.1) is 5.02 Å². The van der Waals surface area contributed by atoms with Crippen LogP contribution in [-0.2, 0) is 4.79 Å². The highest BCUT2D eigenvalue weighted by Gasteiger charge is 2.28. The number of carbonyl (C=O) groups excluding carboxylic acids is 2. The summed E-state index contributed by atoms with van der Waals surface area (Å²) in [6, 6.07) is 12.6. The third-order valence-corrected chi connectivity index (χ3v) is 5.55. The van der Waals surface area contributed by atoms with Gasteiger partial charge in [-0.2, -0.15) is 0 Å². The van der Waals surface area contributed by atoms with Gasteiger partial charge < -0.3 is 14.5 Å². The Kier molecular flexibility index (Phi) is 6.47. The molecule has 0 saturated carbocycles. The van der Waals surface area contributed by atoms with E-state index in [9.17, 15) is 9.59 Å². The van der Waals surface area contributed by atoms with E-state index in [1.807, 2.05) is 31.2 Å². The molecule has 1 aliphatic rings. The summed E-state index contributed by atoms with van der Waals surface area (Å²) in [4.78, 5) is 28.8. The third kappa shape index (κ3) is 4.59. The molecule has 0 radical (unpaired) electrons. The van der Waals surface area contributed by atoms with Crippen LogP contribution in [0.5, 0.6) is 5.75 Å². The SMILES string of the molecule is Cc1ccc(C(=O)N2CCN(C(=O)C(C)Oc3cccc(Cl)c3Cl)CC2)cc1. The quantitative estimate of drug-likeness (QED) is 0.749. The number of aryl methyl sites for hydroxylation is 1. The van der Waals surface area contributed by atoms with E-state index in [2.05, 4.69) is 0 Å². The summed E-state index contributed by atoms with van der Waals surface area (Å²) >= 11 is 12.1. The zero-order valence-corrected chi connectivity index (χ0v) is 17.3. The monoisotopic (exact) mass is 420 g/mol. The Balaban J connectivity index is 1.56. The standard InChI is InChI=1S/C21H22Cl2N2O3/c1-14-6-8-16(9-7-14)21(27)25-12-10-24(11-13-25)20(26)15(2)28-18-5-3-4-17(22)19(18)23/h3-9,15H,10-13H2,1-2H3. The highest BCUT2D eigenvalue weighted by atomic mass is 35.5. The normalized spacial score (nSPS) is 15.3. The highest BCUT2D eigenvalue weighted by molar-refractivity contribution is 6.42. The van der Waals surface area contributed by atoms with E-state index in [0.717, 1.165) is 5.56 Å². The Morgan fingerprint density at radius 3 is 2.21 bits per heavy atom. The van der Waals surface area contributed by atoms with E-state index in [0.29, 0.717) is 42.5 Å². The minimum atomic E-state index is -0.699. The minimum absolute atomic E-state index is 0.0119. The number of amides is 2. The van der Waals surface area contributed by atoms with E-state index in [-0.39, 0.29) is 16.8 Å². The molecule has 1 aliphatic heterocycles. The van der Waals surface area contributed by atoms with Gasteiger partial charge in [0.2, 0.25) is 0 Å². The van der Waals surface area contributed by atoms with Crippen LogP contribution in [0, 0.1) is 6.92 Å². The van der Waals surface area contributed by atoms with Gasteiger partial charge in [-0.25, -0.2) is 0 Å². The highest BCUT2D eigenvalue weighted by Crippen LogP contribution is 2.32. The van der Waals surface area contributed by atoms with Gasteiger partial charge in [0, 0.05) is 31.7 Å². The molecule has 1 heterocycles. The molecule has 0 N–H and O–H groups in total. The molecular weight excluding hydrogens is 399 g/mol. The molecule has 5 nitrogen and oxygen atoms in total. The van der Waals surface area contributed by atoms with Gasteiger partial charge in [0.15, 0.2) is 6.10 Å². The fourth-order valence-electron chi connectivity index (χ4n) is 3.08. The topological polar surface area (TPSA) is 49.9 Å². The van der Waals surface area contributed by atoms with Crippen molar-refractivity contribution < 1.29 is 14.3 Å². The van der Waals surface area contributed by atoms with Crippen LogP contribution < -0.4 is 4.74 Å². The van der Waals surface area contributed by atoms with Gasteiger partial charge in [-0.15, -0.1) is 0 Å². The van der Waals surface area contributed by atoms with Crippen LogP contribution in [0.3, 0.4) is 0 Å². The van der Waals surface area contributed by atoms with Crippen LogP contribution in [0.4, 0.5) is 0 Å². The van der Waals surface area contributed by atoms with Gasteiger partial charge in [-0.05, 0) is 38.1 Å². The van der Waals surface area contributed by atoms with Crippen molar-refractivity contribution in [2.45, 2.75) is 20.0 Å². The summed E-state index contributed by atoms with van der Waals surface area (Å²) in [7, 11) is 0. The summed E-state index contributed by atoms with van der Waals surface area (Å²) in [5.74, 6) is 0.226. The first-order chi connectivity index (χ1) is 13.4. The van der Waals surface area contributed by atoms with Gasteiger partial charge in [-0.1, -0.05) is 47.0 Å². The van der Waals surface area contributed by atoms with Crippen LogP contribution in [-0.4, -0.2) is 53.9 Å². The molecule has 1 saturated heterocycles. The summed E-state index contributed by atoms with van der Waals surface area (Å²) in [6.07, 6.45) is -0.699. The van der Waals surface area contributed by atoms with E-state index in [1.54, 1.807) is 34.9 Å². The van der Waals surface area contributed by atoms with Crippen molar-refractivity contribution in [1.29, 1.82) is 0 Å². The first-order valence-corrected chi connectivity index (χ1v) is 9.88. The molecule has 148 valence electrons. The Morgan fingerprint density at radius 1 is 0.964 bits per heavy atom. The van der Waals surface area contributed by atoms with Crippen molar-refractivity contribution in [2.24, 2.45) is 0 Å². The minimum Gasteiger partial charge on any atom is -0.479 e. The number of hydrogen-bond acceptors (Lipinski definition) is 3. The maximum atomic E-state index is 12.7. The van der Waals surface area contributed by atoms with Gasteiger partial charge in [0.1, 0.15) is 10.8 Å². The lowest BCUT2D eigenvalue weighted by Crippen LogP contribution is -2.53. The molecule has 0 aliphatic carbocycles. The lowest BCUT2D eigenvalue weighted by molar-refractivity contribution is -0.139. The molecule has 28 heavy (non-hydrogen) atoms. The maximum Gasteiger partial charge on any atom is 0.263 e. The predicted octanol–water partition coefficient (Wildman–Crippen LogP) is 4.05. The summed E-state index contributed by atoms with van der Waals surface area (Å²) in [5, 5.41) is 0.666. The Labute approximate surface area is 174 Å². The fraction of sp³-hybridized carbons (Fsp3) is 0.333. The van der Waals surface area contributed by atoms with Crippen LogP contribution >= 0.6 is 23.2 Å². The molecule has 0 spiro atoms. The van der Waals surface area contributed by atoms with Crippen LogP contribution in [0.15, 0.2) is 42.5 Å². The summed E-state index contributed by atoms with van der Waals surface area (Å²) < 4.78 is 5.71. The molecule has 1 fully saturated rings. The molecule has 3 rings (SSSR count). The van der Waals surface area contributed by atoms with Crippen LogP contribution in [0.25, 0.3) is 0 Å². The summed E-state index contributed by atoms with van der Waals surface area (Å²) in [5.41, 5.74) is 1.78. The molecule has 2 aromatic rings. The molecule has 0 aromatic heterocycles. The van der Waals surface area contributed by atoms with Crippen molar-refractivity contribution >= 4 is 35.0 Å². The molecule has 1 atom stereocenters. The van der Waals surface area contributed by atoms with Crippen molar-refractivity contribution in [3.8, 4) is 5.75 Å². The third-order valence-electron chi connectivity index (χ3n) is 4.74. The molecular formula is C21H22Cl2N2O3. The molecule has 1 unspecified atom stereocenters. The number of nitrogens with zero attached hydrogens (tertiary/aromatic N) is 2. The Morgan fingerprint density at radius 2 is 1.57 bits per heavy atom. The van der Waals surface area contributed by atoms with E-state index >= 15 is 0 Å². The number of ether oxygens (including phenoxy) is 1. The fourth-order valence-corrected chi connectivity index (χ4v) is 3.42. The first-order valence-electron chi connectivity index (χ1n) is 9.12. The second-order valence-corrected chi connectivity index (χ2v) is 7.58. The van der Waals surface area contributed by atoms with Crippen LogP contribution in [0.2, 0.25) is 10.0 Å². The average Bonchev–Trinajstić information content (AvgIpc) is 2.71. The Hall–Kier alpha value is -2.24. The molecule has 0 bridgehead atoms. The number of rotatable bonds is 4. The Bertz CT molecular complexity index is 862. The molecule has 2 amide bonds. The second kappa shape index (κ2) is 8.84. The van der Waals surface area contributed by atoms with Crippen molar-refractivity contribution in [2.75, 3.05) is 26.2 Å². The number of halogens is 2. The zero-order chi connectivity index (χ0) is 20.3. The largest absolute Gasteiger partial charge is 0.479 e. The number of benzene rings is 2. The maximum absolute atomic E-state index is 12.7. The lowest BCUT2D eigenvalue weighted by atomic mass is 10.1. The van der Waals surface area contributed by atoms with E-state index in [1.165, 1.54) is 0 Å². The predicted molar refractivity (Wildman–Crippen MR) is 110 cm³/mol. The van der Waals surface area contributed by atoms with Gasteiger partial charge in [-0.3, -0.25) is 9.59 Å². The average molecular weight is 421 g/mol. The van der Waals surface area contributed by atoms with Crippen molar-refractivity contribution in [1.82, 2.24) is 9.80 Å². The van der Waals surface area contributed by atoms with Gasteiger partial charge >= 0.3 is 0 Å². The van der Waals surface area contributed by atoms with Crippen molar-refractivity contribution in [3.63, 3.8) is 0 Å². The molecule has 2 aromatic carbocycles. The summed E-state index contributed by atoms with van der Waals surface area (Å²) in [6.45, 7) is 5.58. The lowest BCUT2D eigenvalue weighted by Gasteiger charge is -2.36. The number of carbonyl (C=O) groups is 2. The van der Waals surface area contributed by atoms with E-state index in [4.69, 9.17) is 27.9 Å². The van der Waals surface area contributed by atoms with Crippen molar-refractivity contribution in [3.05, 3.63) is 63.6 Å². The smallest absolute Gasteiger partial charge is 0.263 e. The number of piperazine rings is 1. The first kappa shape index (κ1) is 20.5. The zero-order valence-electron chi connectivity index (χ0n) is 15.8. The molecule has 7 heteroatoms.